The molecule has 6 nitrogen and oxygen atoms in total. The molecule has 140 valence electrons. The third-order valence-electron chi connectivity index (χ3n) is 4.59. The fourth-order valence-corrected chi connectivity index (χ4v) is 3.22. The van der Waals surface area contributed by atoms with Crippen LogP contribution >= 0.6 is 11.6 Å². The molecule has 3 aromatic heterocycles. The van der Waals surface area contributed by atoms with E-state index in [1.807, 2.05) is 38.2 Å². The van der Waals surface area contributed by atoms with Crippen LogP contribution < -0.4 is 5.32 Å². The minimum atomic E-state index is -0.201. The van der Waals surface area contributed by atoms with Crippen LogP contribution in [-0.2, 0) is 13.6 Å². The molecule has 0 unspecified atom stereocenters. The van der Waals surface area contributed by atoms with Gasteiger partial charge in [0.25, 0.3) is 5.91 Å². The van der Waals surface area contributed by atoms with Crippen molar-refractivity contribution >= 4 is 28.4 Å². The van der Waals surface area contributed by atoms with Gasteiger partial charge in [-0.3, -0.25) is 14.5 Å². The Morgan fingerprint density at radius 2 is 1.93 bits per heavy atom. The summed E-state index contributed by atoms with van der Waals surface area (Å²) in [5.74, 6) is -0.201. The van der Waals surface area contributed by atoms with Crippen molar-refractivity contribution in [3.8, 4) is 11.3 Å². The molecule has 0 aliphatic carbocycles. The highest BCUT2D eigenvalue weighted by Crippen LogP contribution is 2.27. The Hall–Kier alpha value is -3.25. The van der Waals surface area contributed by atoms with Crippen LogP contribution in [0.25, 0.3) is 22.2 Å². The van der Waals surface area contributed by atoms with Crippen LogP contribution in [0.15, 0.2) is 54.9 Å². The van der Waals surface area contributed by atoms with Crippen LogP contribution in [0, 0.1) is 6.92 Å². The molecular weight excluding hydrogens is 374 g/mol. The standard InChI is InChI=1S/C21H18ClN5O/c1-13-9-16(26-27(13)2)12-24-21(28)18-11-20(14-5-7-23-8-6-14)25-19-4-3-15(22)10-17(18)19/h3-11H,12H2,1-2H3,(H,24,28). The number of amides is 1. The van der Waals surface area contributed by atoms with Crippen molar-refractivity contribution in [3.63, 3.8) is 0 Å². The number of carbonyl (C=O) groups excluding carboxylic acids is 1. The van der Waals surface area contributed by atoms with Crippen LogP contribution in [0.5, 0.6) is 0 Å². The number of carbonyl (C=O) groups is 1. The summed E-state index contributed by atoms with van der Waals surface area (Å²) < 4.78 is 1.78. The second kappa shape index (κ2) is 7.40. The predicted molar refractivity (Wildman–Crippen MR) is 109 cm³/mol. The quantitative estimate of drug-likeness (QED) is 0.572. The van der Waals surface area contributed by atoms with Crippen LogP contribution in [0.3, 0.4) is 0 Å². The minimum absolute atomic E-state index is 0.201. The topological polar surface area (TPSA) is 72.7 Å². The summed E-state index contributed by atoms with van der Waals surface area (Å²) in [6.45, 7) is 2.31. The number of nitrogens with zero attached hydrogens (tertiary/aromatic N) is 4. The van der Waals surface area contributed by atoms with Crippen molar-refractivity contribution < 1.29 is 4.79 Å². The molecule has 28 heavy (non-hydrogen) atoms. The zero-order chi connectivity index (χ0) is 19.7. The third kappa shape index (κ3) is 3.59. The lowest BCUT2D eigenvalue weighted by Gasteiger charge is -2.10. The fraction of sp³-hybridized carbons (Fsp3) is 0.143. The van der Waals surface area contributed by atoms with E-state index in [0.717, 1.165) is 17.0 Å². The summed E-state index contributed by atoms with van der Waals surface area (Å²) in [5.41, 5.74) is 4.66. The van der Waals surface area contributed by atoms with Crippen molar-refractivity contribution in [2.24, 2.45) is 7.05 Å². The first kappa shape index (κ1) is 18.1. The molecule has 0 saturated heterocycles. The van der Waals surface area contributed by atoms with Gasteiger partial charge in [-0.25, -0.2) is 4.98 Å². The number of halogens is 1. The predicted octanol–water partition coefficient (Wildman–Crippen LogP) is 3.92. The van der Waals surface area contributed by atoms with Crippen molar-refractivity contribution in [2.75, 3.05) is 0 Å². The number of aryl methyl sites for hydroxylation is 2. The van der Waals surface area contributed by atoms with Gasteiger partial charge in [0.2, 0.25) is 0 Å². The van der Waals surface area contributed by atoms with E-state index in [0.29, 0.717) is 33.7 Å². The van der Waals surface area contributed by atoms with E-state index in [4.69, 9.17) is 11.6 Å². The van der Waals surface area contributed by atoms with Crippen molar-refractivity contribution in [1.29, 1.82) is 0 Å². The Bertz CT molecular complexity index is 1150. The van der Waals surface area contributed by atoms with Gasteiger partial charge >= 0.3 is 0 Å². The average molecular weight is 392 g/mol. The Kier molecular flexibility index (Phi) is 4.79. The van der Waals surface area contributed by atoms with Crippen molar-refractivity contribution in [3.05, 3.63) is 76.8 Å². The van der Waals surface area contributed by atoms with Gasteiger partial charge in [0.1, 0.15) is 0 Å². The molecule has 0 radical (unpaired) electrons. The molecule has 4 aromatic rings. The number of pyridine rings is 2. The summed E-state index contributed by atoms with van der Waals surface area (Å²) in [7, 11) is 1.88. The van der Waals surface area contributed by atoms with Crippen molar-refractivity contribution in [2.45, 2.75) is 13.5 Å². The van der Waals surface area contributed by atoms with Gasteiger partial charge in [-0.1, -0.05) is 11.6 Å². The highest BCUT2D eigenvalue weighted by Gasteiger charge is 2.15. The van der Waals surface area contributed by atoms with Crippen molar-refractivity contribution in [1.82, 2.24) is 25.1 Å². The Balaban J connectivity index is 1.73. The molecule has 3 heterocycles. The van der Waals surface area contributed by atoms with E-state index >= 15 is 0 Å². The molecule has 7 heteroatoms. The van der Waals surface area contributed by atoms with Crippen LogP contribution in [0.4, 0.5) is 0 Å². The molecule has 1 aromatic carbocycles. The first-order valence-corrected chi connectivity index (χ1v) is 9.17. The maximum Gasteiger partial charge on any atom is 0.252 e. The van der Waals surface area contributed by atoms with Gasteiger partial charge in [0.15, 0.2) is 0 Å². The van der Waals surface area contributed by atoms with E-state index in [1.54, 1.807) is 35.3 Å². The van der Waals surface area contributed by atoms with Gasteiger partial charge in [-0.05, 0) is 49.4 Å². The molecule has 0 aliphatic heterocycles. The number of fused-ring (bicyclic) bond motifs is 1. The monoisotopic (exact) mass is 391 g/mol. The molecule has 0 aliphatic rings. The maximum atomic E-state index is 13.0. The summed E-state index contributed by atoms with van der Waals surface area (Å²) in [4.78, 5) is 21.7. The van der Waals surface area contributed by atoms with E-state index in [9.17, 15) is 4.79 Å². The average Bonchev–Trinajstić information content (AvgIpc) is 3.03. The normalized spacial score (nSPS) is 11.0. The zero-order valence-corrected chi connectivity index (χ0v) is 16.2. The molecule has 1 N–H and O–H groups in total. The highest BCUT2D eigenvalue weighted by atomic mass is 35.5. The fourth-order valence-electron chi connectivity index (χ4n) is 3.04. The van der Waals surface area contributed by atoms with E-state index in [2.05, 4.69) is 20.4 Å². The first-order chi connectivity index (χ1) is 13.5. The van der Waals surface area contributed by atoms with Crippen LogP contribution in [0.1, 0.15) is 21.7 Å². The largest absolute Gasteiger partial charge is 0.346 e. The number of nitrogens with one attached hydrogen (secondary N) is 1. The van der Waals surface area contributed by atoms with Gasteiger partial charge in [-0.2, -0.15) is 5.10 Å². The lowest BCUT2D eigenvalue weighted by atomic mass is 10.0. The number of rotatable bonds is 4. The third-order valence-corrected chi connectivity index (χ3v) is 4.82. The van der Waals surface area contributed by atoms with E-state index in [1.165, 1.54) is 0 Å². The summed E-state index contributed by atoms with van der Waals surface area (Å²) in [6.07, 6.45) is 3.40. The Labute approximate surface area is 167 Å². The Morgan fingerprint density at radius 3 is 2.64 bits per heavy atom. The second-order valence-corrected chi connectivity index (χ2v) is 6.97. The lowest BCUT2D eigenvalue weighted by Crippen LogP contribution is -2.23. The zero-order valence-electron chi connectivity index (χ0n) is 15.5. The number of hydrogen-bond donors (Lipinski definition) is 1. The molecule has 0 atom stereocenters. The van der Waals surface area contributed by atoms with E-state index in [-0.39, 0.29) is 5.91 Å². The lowest BCUT2D eigenvalue weighted by molar-refractivity contribution is 0.0952. The SMILES string of the molecule is Cc1cc(CNC(=O)c2cc(-c3ccncc3)nc3ccc(Cl)cc23)nn1C. The number of hydrogen-bond acceptors (Lipinski definition) is 4. The van der Waals surface area contributed by atoms with Gasteiger partial charge in [0.05, 0.1) is 29.0 Å². The molecule has 1 amide bonds. The van der Waals surface area contributed by atoms with E-state index < -0.39 is 0 Å². The Morgan fingerprint density at radius 1 is 1.14 bits per heavy atom. The van der Waals surface area contributed by atoms with Gasteiger partial charge in [0, 0.05) is 41.1 Å². The molecule has 0 spiro atoms. The maximum absolute atomic E-state index is 13.0. The number of aromatic nitrogens is 4. The minimum Gasteiger partial charge on any atom is -0.346 e. The smallest absolute Gasteiger partial charge is 0.252 e. The molecule has 0 bridgehead atoms. The summed E-state index contributed by atoms with van der Waals surface area (Å²) >= 11 is 6.16. The molecule has 0 saturated carbocycles. The van der Waals surface area contributed by atoms with Crippen LogP contribution in [-0.4, -0.2) is 25.7 Å². The number of benzene rings is 1. The molecule has 0 fully saturated rings. The summed E-state index contributed by atoms with van der Waals surface area (Å²) in [6, 6.07) is 12.8. The highest BCUT2D eigenvalue weighted by molar-refractivity contribution is 6.31. The first-order valence-electron chi connectivity index (χ1n) is 8.80. The molecular formula is C21H18ClN5O. The molecule has 4 rings (SSSR count). The second-order valence-electron chi connectivity index (χ2n) is 6.54. The summed E-state index contributed by atoms with van der Waals surface area (Å²) in [5, 5.41) is 8.59. The van der Waals surface area contributed by atoms with Crippen LogP contribution in [0.2, 0.25) is 5.02 Å². The van der Waals surface area contributed by atoms with Gasteiger partial charge in [-0.15, -0.1) is 0 Å². The van der Waals surface area contributed by atoms with Gasteiger partial charge < -0.3 is 5.32 Å².